The minimum Gasteiger partial charge on any atom is -0.392 e. The van der Waals surface area contributed by atoms with Crippen LogP contribution in [0.4, 0.5) is 0 Å². The molecular formula is C42H62N6O4. The Bertz CT molecular complexity index is 1530. The zero-order chi connectivity index (χ0) is 39.8. The van der Waals surface area contributed by atoms with Crippen LogP contribution >= 0.6 is 0 Å². The molecule has 0 bridgehead atoms. The zero-order valence-electron chi connectivity index (χ0n) is 33.3. The summed E-state index contributed by atoms with van der Waals surface area (Å²) < 4.78 is 0. The van der Waals surface area contributed by atoms with Crippen LogP contribution in [0.5, 0.6) is 0 Å². The average Bonchev–Trinajstić information content (AvgIpc) is 3.77. The number of aliphatic hydroxyl groups excluding tert-OH is 2. The first-order chi connectivity index (χ1) is 24.2. The zero-order valence-corrected chi connectivity index (χ0v) is 33.3. The summed E-state index contributed by atoms with van der Waals surface area (Å²) in [4.78, 5) is 40.0. The lowest BCUT2D eigenvalue weighted by atomic mass is 9.86. The molecule has 0 saturated heterocycles. The van der Waals surface area contributed by atoms with Crippen LogP contribution in [0.25, 0.3) is 33.6 Å². The largest absolute Gasteiger partial charge is 0.392 e. The van der Waals surface area contributed by atoms with E-state index >= 15 is 0 Å². The van der Waals surface area contributed by atoms with Gasteiger partial charge in [0.05, 0.1) is 59.9 Å². The van der Waals surface area contributed by atoms with Gasteiger partial charge >= 0.3 is 0 Å². The van der Waals surface area contributed by atoms with Crippen molar-refractivity contribution in [1.82, 2.24) is 30.6 Å². The Morgan fingerprint density at radius 3 is 1.10 bits per heavy atom. The van der Waals surface area contributed by atoms with Gasteiger partial charge in [-0.1, -0.05) is 90.1 Å². The molecule has 0 fully saturated rings. The fourth-order valence-corrected chi connectivity index (χ4v) is 4.05. The first-order valence-electron chi connectivity index (χ1n) is 17.8. The summed E-state index contributed by atoms with van der Waals surface area (Å²) >= 11 is 0. The van der Waals surface area contributed by atoms with Crippen LogP contribution in [0, 0.1) is 35.5 Å². The minimum absolute atomic E-state index is 0.236. The smallest absolute Gasteiger partial charge is 0.228 e. The molecule has 0 aliphatic heterocycles. The van der Waals surface area contributed by atoms with E-state index in [0.717, 1.165) is 45.5 Å². The number of terminal acetylenes is 1. The topological polar surface area (TPSA) is 156 Å². The fourth-order valence-electron chi connectivity index (χ4n) is 4.05. The van der Waals surface area contributed by atoms with E-state index in [4.69, 9.17) is 0 Å². The van der Waals surface area contributed by atoms with Gasteiger partial charge in [0.2, 0.25) is 11.8 Å². The molecule has 2 heterocycles. The van der Waals surface area contributed by atoms with E-state index in [-0.39, 0.29) is 24.9 Å². The summed E-state index contributed by atoms with van der Waals surface area (Å²) in [6.07, 6.45) is 9.95. The van der Waals surface area contributed by atoms with Gasteiger partial charge in [0.15, 0.2) is 0 Å². The number of amides is 2. The molecule has 284 valence electrons. The Balaban J connectivity index is 0.00000121. The molecule has 10 nitrogen and oxygen atoms in total. The van der Waals surface area contributed by atoms with Crippen molar-refractivity contribution in [3.63, 3.8) is 0 Å². The molecule has 0 saturated carbocycles. The summed E-state index contributed by atoms with van der Waals surface area (Å²) in [7, 11) is 0. The van der Waals surface area contributed by atoms with Crippen molar-refractivity contribution in [3.8, 4) is 46.5 Å². The highest BCUT2D eigenvalue weighted by atomic mass is 16.3. The van der Waals surface area contributed by atoms with Crippen molar-refractivity contribution in [2.45, 2.75) is 108 Å². The number of H-pyrrole nitrogens is 2. The van der Waals surface area contributed by atoms with Crippen molar-refractivity contribution >= 4 is 11.8 Å². The second-order valence-electron chi connectivity index (χ2n) is 15.3. The van der Waals surface area contributed by atoms with Crippen LogP contribution in [-0.4, -0.2) is 54.2 Å². The number of nitrogens with one attached hydrogen (secondary N) is 4. The predicted molar refractivity (Wildman–Crippen MR) is 213 cm³/mol. The van der Waals surface area contributed by atoms with Crippen LogP contribution in [0.2, 0.25) is 0 Å². The van der Waals surface area contributed by atoms with E-state index in [0.29, 0.717) is 11.6 Å². The van der Waals surface area contributed by atoms with Crippen LogP contribution < -0.4 is 10.6 Å². The average molecular weight is 715 g/mol. The maximum atomic E-state index is 12.4. The highest BCUT2D eigenvalue weighted by Gasteiger charge is 2.33. The molecule has 2 amide bonds. The lowest BCUT2D eigenvalue weighted by Gasteiger charge is -2.26. The SMILES string of the molecule is C#C.CC(C)C.CC(C)C.CC(O)C(C)(C)C(=O)NCc1ncc(-c2ccc(-c3ccc(-c4cnc(CNC(=O)C(C)(C)C(C)O)[nH]4)cc3)cc2)[nH]1. The maximum Gasteiger partial charge on any atom is 0.228 e. The molecule has 10 heteroatoms. The standard InChI is InChI=1S/C32H40N6O4.2C4H10.C2H2/c1-19(39)31(3,4)29(41)35-17-27-33-15-25(37-27)23-11-7-21(8-12-23)22-9-13-24(14-10-22)26-16-34-28(38-26)18-36-30(42)32(5,6)20(2)40;2*1-4(2)3;1-2/h7-16,19-20,39-40H,17-18H2,1-6H3,(H,33,37)(H,34,38)(H,35,41)(H,36,42);2*4H,1-3H3;1-2H. The fraction of sp³-hybridized carbons (Fsp3) is 0.476. The number of hydrogen-bond acceptors (Lipinski definition) is 6. The summed E-state index contributed by atoms with van der Waals surface area (Å²) in [5.41, 5.74) is 3.98. The van der Waals surface area contributed by atoms with Crippen LogP contribution in [-0.2, 0) is 22.7 Å². The van der Waals surface area contributed by atoms with Gasteiger partial charge in [-0.3, -0.25) is 9.59 Å². The molecule has 52 heavy (non-hydrogen) atoms. The Hall–Kier alpha value is -4.72. The van der Waals surface area contributed by atoms with E-state index in [1.54, 1.807) is 53.9 Å². The van der Waals surface area contributed by atoms with Crippen molar-refractivity contribution in [1.29, 1.82) is 0 Å². The number of rotatable bonds is 11. The molecule has 6 N–H and O–H groups in total. The maximum absolute atomic E-state index is 12.4. The third-order valence-electron chi connectivity index (χ3n) is 8.07. The van der Waals surface area contributed by atoms with Gasteiger partial charge in [0.1, 0.15) is 11.6 Å². The molecule has 2 aromatic carbocycles. The van der Waals surface area contributed by atoms with E-state index in [2.05, 4.69) is 85.0 Å². The summed E-state index contributed by atoms with van der Waals surface area (Å²) in [5.74, 6) is 2.46. The lowest BCUT2D eigenvalue weighted by Crippen LogP contribution is -2.43. The number of aromatic amines is 2. The number of aromatic nitrogens is 4. The van der Waals surface area contributed by atoms with E-state index < -0.39 is 23.0 Å². The van der Waals surface area contributed by atoms with E-state index in [1.807, 2.05) is 48.5 Å². The van der Waals surface area contributed by atoms with E-state index in [9.17, 15) is 19.8 Å². The second-order valence-corrected chi connectivity index (χ2v) is 15.3. The Morgan fingerprint density at radius 2 is 0.846 bits per heavy atom. The Kier molecular flexibility index (Phi) is 18.3. The predicted octanol–water partition coefficient (Wildman–Crippen LogP) is 7.75. The Labute approximate surface area is 311 Å². The Morgan fingerprint density at radius 1 is 0.596 bits per heavy atom. The third-order valence-corrected chi connectivity index (χ3v) is 8.07. The first kappa shape index (κ1) is 45.3. The van der Waals surface area contributed by atoms with Crippen molar-refractivity contribution in [2.75, 3.05) is 0 Å². The monoisotopic (exact) mass is 714 g/mol. The molecule has 4 aromatic rings. The molecule has 2 aromatic heterocycles. The highest BCUT2D eigenvalue weighted by molar-refractivity contribution is 5.83. The van der Waals surface area contributed by atoms with Crippen LogP contribution in [0.3, 0.4) is 0 Å². The number of imidazole rings is 2. The van der Waals surface area contributed by atoms with Gasteiger partial charge in [0, 0.05) is 0 Å². The normalized spacial score (nSPS) is 12.3. The number of carbonyl (C=O) groups excluding carboxylic acids is 2. The van der Waals surface area contributed by atoms with Gasteiger partial charge in [-0.25, -0.2) is 9.97 Å². The van der Waals surface area contributed by atoms with Crippen LogP contribution in [0.15, 0.2) is 60.9 Å². The molecular weight excluding hydrogens is 652 g/mol. The molecule has 0 spiro atoms. The summed E-state index contributed by atoms with van der Waals surface area (Å²) in [6.45, 7) is 23.5. The number of hydrogen-bond donors (Lipinski definition) is 6. The van der Waals surface area contributed by atoms with Crippen LogP contribution in [0.1, 0.15) is 94.7 Å². The summed E-state index contributed by atoms with van der Waals surface area (Å²) in [5, 5.41) is 25.3. The molecule has 0 aliphatic carbocycles. The van der Waals surface area contributed by atoms with Crippen molar-refractivity contribution < 1.29 is 19.8 Å². The quantitative estimate of drug-likeness (QED) is 0.0873. The summed E-state index contributed by atoms with van der Waals surface area (Å²) in [6, 6.07) is 16.3. The number of carbonyl (C=O) groups is 2. The van der Waals surface area contributed by atoms with Gasteiger partial charge in [0.25, 0.3) is 0 Å². The number of benzene rings is 2. The van der Waals surface area contributed by atoms with Gasteiger partial charge in [-0.05, 0) is 75.6 Å². The van der Waals surface area contributed by atoms with Gasteiger partial charge in [-0.2, -0.15) is 0 Å². The molecule has 0 aliphatic rings. The highest BCUT2D eigenvalue weighted by Crippen LogP contribution is 2.27. The lowest BCUT2D eigenvalue weighted by molar-refractivity contribution is -0.135. The van der Waals surface area contributed by atoms with Crippen molar-refractivity contribution in [2.24, 2.45) is 22.7 Å². The molecule has 2 atom stereocenters. The first-order valence-corrected chi connectivity index (χ1v) is 17.8. The minimum atomic E-state index is -0.887. The van der Waals surface area contributed by atoms with E-state index in [1.165, 1.54) is 0 Å². The number of nitrogens with zero attached hydrogens (tertiary/aromatic N) is 2. The number of aliphatic hydroxyl groups is 2. The third kappa shape index (κ3) is 14.1. The molecule has 2 unspecified atom stereocenters. The van der Waals surface area contributed by atoms with Gasteiger partial charge in [-0.15, -0.1) is 12.8 Å². The van der Waals surface area contributed by atoms with Crippen molar-refractivity contribution in [3.05, 3.63) is 72.6 Å². The van der Waals surface area contributed by atoms with Gasteiger partial charge < -0.3 is 30.8 Å². The molecule has 0 radical (unpaired) electrons. The second kappa shape index (κ2) is 21.0. The molecule has 4 rings (SSSR count).